The second-order valence-electron chi connectivity index (χ2n) is 6.32. The topological polar surface area (TPSA) is 0 Å². The van der Waals surface area contributed by atoms with E-state index in [9.17, 15) is 0 Å². The first kappa shape index (κ1) is 14.0. The number of hydrogen-bond acceptors (Lipinski definition) is 0. The van der Waals surface area contributed by atoms with Crippen LogP contribution in [0.15, 0.2) is 0 Å². The summed E-state index contributed by atoms with van der Waals surface area (Å²) in [7, 11) is 0. The van der Waals surface area contributed by atoms with E-state index in [0.717, 1.165) is 12.8 Å². The van der Waals surface area contributed by atoms with Crippen molar-refractivity contribution in [3.05, 3.63) is 0 Å². The summed E-state index contributed by atoms with van der Waals surface area (Å²) in [6.07, 6.45) is 19.0. The molecule has 0 bridgehead atoms. The highest BCUT2D eigenvalue weighted by Gasteiger charge is 2.00. The van der Waals surface area contributed by atoms with Gasteiger partial charge in [0, 0.05) is 4.11 Å². The molecule has 0 N–H and O–H groups in total. The average molecular weight is 272 g/mol. The van der Waals surface area contributed by atoms with Crippen LogP contribution in [0.25, 0.3) is 0 Å². The van der Waals surface area contributed by atoms with Gasteiger partial charge in [-0.15, -0.1) is 0 Å². The van der Waals surface area contributed by atoms with Gasteiger partial charge in [0.15, 0.2) is 0 Å². The molecule has 0 heteroatoms. The van der Waals surface area contributed by atoms with Gasteiger partial charge in [-0.1, -0.05) is 117 Å². The summed E-state index contributed by atoms with van der Waals surface area (Å²) >= 11 is 0. The van der Waals surface area contributed by atoms with Gasteiger partial charge < -0.3 is 0 Å². The molecular formula is C19H40. The summed E-state index contributed by atoms with van der Waals surface area (Å²) in [5, 5.41) is 0. The summed E-state index contributed by atoms with van der Waals surface area (Å²) in [5.74, 6) is 0.695. The van der Waals surface area contributed by atoms with Crippen molar-refractivity contribution in [1.29, 1.82) is 0 Å². The third-order valence-electron chi connectivity index (χ3n) is 4.17. The lowest BCUT2D eigenvalue weighted by Crippen LogP contribution is -1.94. The van der Waals surface area contributed by atoms with Crippen LogP contribution in [0.3, 0.4) is 0 Å². The molecule has 0 fully saturated rings. The first-order chi connectivity index (χ1) is 10.5. The Bertz CT molecular complexity index is 223. The maximum atomic E-state index is 7.20. The largest absolute Gasteiger partial charge is 0.0654 e. The van der Waals surface area contributed by atoms with Crippen LogP contribution in [-0.2, 0) is 0 Å². The van der Waals surface area contributed by atoms with Crippen molar-refractivity contribution in [2.75, 3.05) is 0 Å². The molecule has 0 saturated carbocycles. The lowest BCUT2D eigenvalue weighted by atomic mass is 9.97. The van der Waals surface area contributed by atoms with Gasteiger partial charge in [0.2, 0.25) is 0 Å². The first-order valence-electron chi connectivity index (χ1n) is 10.5. The van der Waals surface area contributed by atoms with Crippen LogP contribution in [0, 0.1) is 5.92 Å². The van der Waals surface area contributed by atoms with Gasteiger partial charge in [-0.25, -0.2) is 0 Å². The van der Waals surface area contributed by atoms with E-state index in [2.05, 4.69) is 13.8 Å². The summed E-state index contributed by atoms with van der Waals surface area (Å²) < 4.78 is 21.6. The van der Waals surface area contributed by atoms with Gasteiger partial charge in [0.25, 0.3) is 0 Å². The molecule has 0 aromatic carbocycles. The molecular weight excluding hydrogens is 228 g/mol. The summed E-state index contributed by atoms with van der Waals surface area (Å²) in [6, 6.07) is 0. The van der Waals surface area contributed by atoms with Gasteiger partial charge in [0.1, 0.15) is 0 Å². The zero-order valence-corrected chi connectivity index (χ0v) is 13.7. The van der Waals surface area contributed by atoms with Crippen molar-refractivity contribution in [1.82, 2.24) is 0 Å². The molecule has 0 aromatic heterocycles. The Kier molecular flexibility index (Phi) is 11.8. The number of unbranched alkanes of at least 4 members (excludes halogenated alkanes) is 10. The molecule has 0 aromatic rings. The highest BCUT2D eigenvalue weighted by Crippen LogP contribution is 2.17. The van der Waals surface area contributed by atoms with E-state index in [1.54, 1.807) is 0 Å². The van der Waals surface area contributed by atoms with E-state index < -0.39 is 6.85 Å². The summed E-state index contributed by atoms with van der Waals surface area (Å²) in [5.41, 5.74) is 0. The molecule has 0 aliphatic carbocycles. The molecule has 116 valence electrons. The van der Waals surface area contributed by atoms with Gasteiger partial charge in [-0.2, -0.15) is 0 Å². The second-order valence-corrected chi connectivity index (χ2v) is 6.32. The number of rotatable bonds is 15. The van der Waals surface area contributed by atoms with Crippen molar-refractivity contribution < 1.29 is 4.11 Å². The standard InChI is InChI=1S/C19H40/c1-4-6-8-9-10-11-12-13-14-15-16-18-19(3)17-7-5-2/h19H,4-18H2,1-3H3/t19-/m0/s1/i2D3. The van der Waals surface area contributed by atoms with Crippen molar-refractivity contribution in [2.45, 2.75) is 117 Å². The van der Waals surface area contributed by atoms with Gasteiger partial charge >= 0.3 is 0 Å². The third kappa shape index (κ3) is 15.9. The van der Waals surface area contributed by atoms with Crippen LogP contribution in [0.5, 0.6) is 0 Å². The highest BCUT2D eigenvalue weighted by molar-refractivity contribution is 4.54. The minimum Gasteiger partial charge on any atom is -0.0654 e. The fraction of sp³-hybridized carbons (Fsp3) is 1.00. The lowest BCUT2D eigenvalue weighted by molar-refractivity contribution is 0.440. The Hall–Kier alpha value is 0. The molecule has 0 amide bonds. The zero-order chi connectivity index (χ0) is 16.7. The fourth-order valence-electron chi connectivity index (χ4n) is 2.75. The SMILES string of the molecule is [2H]C([2H])([2H])CCC[C@H](C)CCCCCCCCCCCCC. The maximum absolute atomic E-state index is 7.20. The van der Waals surface area contributed by atoms with E-state index in [-0.39, 0.29) is 0 Å². The quantitative estimate of drug-likeness (QED) is 0.270. The van der Waals surface area contributed by atoms with E-state index in [4.69, 9.17) is 4.11 Å². The summed E-state index contributed by atoms with van der Waals surface area (Å²) in [4.78, 5) is 0. The molecule has 0 aliphatic heterocycles. The second kappa shape index (κ2) is 16.1. The van der Waals surface area contributed by atoms with Crippen molar-refractivity contribution >= 4 is 0 Å². The van der Waals surface area contributed by atoms with Gasteiger partial charge in [-0.05, 0) is 5.92 Å². The Labute approximate surface area is 128 Å². The Morgan fingerprint density at radius 2 is 1.11 bits per heavy atom. The fourth-order valence-corrected chi connectivity index (χ4v) is 2.75. The third-order valence-corrected chi connectivity index (χ3v) is 4.17. The van der Waals surface area contributed by atoms with Crippen LogP contribution < -0.4 is 0 Å². The lowest BCUT2D eigenvalue weighted by Gasteiger charge is -2.10. The minimum absolute atomic E-state index is 0.385. The van der Waals surface area contributed by atoms with Crippen LogP contribution in [-0.4, -0.2) is 0 Å². The molecule has 0 aliphatic rings. The smallest absolute Gasteiger partial charge is 0.0230 e. The predicted octanol–water partition coefficient (Wildman–Crippen LogP) is 7.51. The molecule has 0 spiro atoms. The van der Waals surface area contributed by atoms with Crippen LogP contribution >= 0.6 is 0 Å². The Morgan fingerprint density at radius 1 is 0.632 bits per heavy atom. The summed E-state index contributed by atoms with van der Waals surface area (Å²) in [6.45, 7) is 2.82. The Balaban J connectivity index is 3.18. The van der Waals surface area contributed by atoms with Crippen molar-refractivity contribution in [3.8, 4) is 0 Å². The van der Waals surface area contributed by atoms with Crippen LogP contribution in [0.4, 0.5) is 0 Å². The van der Waals surface area contributed by atoms with E-state index >= 15 is 0 Å². The van der Waals surface area contributed by atoms with Crippen LogP contribution in [0.1, 0.15) is 121 Å². The highest BCUT2D eigenvalue weighted by atomic mass is 14.1. The molecule has 19 heavy (non-hydrogen) atoms. The Morgan fingerprint density at radius 3 is 1.63 bits per heavy atom. The maximum Gasteiger partial charge on any atom is 0.0230 e. The van der Waals surface area contributed by atoms with Crippen molar-refractivity contribution in [2.24, 2.45) is 5.92 Å². The van der Waals surface area contributed by atoms with Gasteiger partial charge in [0.05, 0.1) is 0 Å². The molecule has 0 nitrogen and oxygen atoms in total. The average Bonchev–Trinajstić information content (AvgIpc) is 2.43. The number of hydrogen-bond donors (Lipinski definition) is 0. The van der Waals surface area contributed by atoms with Crippen molar-refractivity contribution in [3.63, 3.8) is 0 Å². The van der Waals surface area contributed by atoms with E-state index in [1.165, 1.54) is 77.0 Å². The molecule has 0 saturated heterocycles. The molecule has 0 rings (SSSR count). The molecule has 0 unspecified atom stereocenters. The molecule has 0 radical (unpaired) electrons. The normalized spacial score (nSPS) is 15.8. The van der Waals surface area contributed by atoms with E-state index in [0.29, 0.717) is 12.3 Å². The van der Waals surface area contributed by atoms with Gasteiger partial charge in [-0.3, -0.25) is 0 Å². The van der Waals surface area contributed by atoms with Crippen LogP contribution in [0.2, 0.25) is 0 Å². The predicted molar refractivity (Wildman–Crippen MR) is 89.8 cm³/mol. The minimum atomic E-state index is -1.73. The first-order valence-corrected chi connectivity index (χ1v) is 8.95. The monoisotopic (exact) mass is 271 g/mol. The van der Waals surface area contributed by atoms with E-state index in [1.807, 2.05) is 0 Å². The zero-order valence-electron chi connectivity index (χ0n) is 16.7. The molecule has 0 heterocycles. The molecule has 1 atom stereocenters.